The van der Waals surface area contributed by atoms with E-state index in [4.69, 9.17) is 10.00 Å². The molecular weight excluding hydrogens is 180 g/mol. The molecule has 0 bridgehead atoms. The van der Waals surface area contributed by atoms with E-state index >= 15 is 0 Å². The van der Waals surface area contributed by atoms with Gasteiger partial charge in [0, 0.05) is 13.1 Å². The van der Waals surface area contributed by atoms with Crippen LogP contribution in [0.3, 0.4) is 0 Å². The van der Waals surface area contributed by atoms with Crippen molar-refractivity contribution in [1.82, 2.24) is 4.90 Å². The summed E-state index contributed by atoms with van der Waals surface area (Å²) in [5.41, 5.74) is 0. The maximum absolute atomic E-state index is 11.2. The Kier molecular flexibility index (Phi) is 3.90. The fourth-order valence-corrected chi connectivity index (χ4v) is 1.33. The predicted molar refractivity (Wildman–Crippen MR) is 51.4 cm³/mol. The topological polar surface area (TPSA) is 53.3 Å². The average Bonchev–Trinajstić information content (AvgIpc) is 2.10. The number of hydrogen-bond donors (Lipinski definition) is 0. The molecule has 1 saturated heterocycles. The molecule has 1 atom stereocenters. The van der Waals surface area contributed by atoms with Crippen molar-refractivity contribution >= 4 is 5.91 Å². The third-order valence-electron chi connectivity index (χ3n) is 2.43. The lowest BCUT2D eigenvalue weighted by atomic mass is 10.1. The molecule has 0 spiro atoms. The van der Waals surface area contributed by atoms with E-state index in [2.05, 4.69) is 6.92 Å². The zero-order valence-electron chi connectivity index (χ0n) is 8.69. The van der Waals surface area contributed by atoms with Crippen LogP contribution >= 0.6 is 0 Å². The molecule has 1 rings (SSSR count). The lowest BCUT2D eigenvalue weighted by Gasteiger charge is -2.39. The molecule has 4 nitrogen and oxygen atoms in total. The van der Waals surface area contributed by atoms with Crippen LogP contribution in [0.1, 0.15) is 26.7 Å². The molecule has 0 aliphatic carbocycles. The summed E-state index contributed by atoms with van der Waals surface area (Å²) in [6, 6.07) is 1.85. The Bertz CT molecular complexity index is 241. The molecule has 0 saturated carbocycles. The fraction of sp³-hybridized carbons (Fsp3) is 0.800. The van der Waals surface area contributed by atoms with Gasteiger partial charge in [-0.1, -0.05) is 6.92 Å². The van der Waals surface area contributed by atoms with Gasteiger partial charge < -0.3 is 9.64 Å². The smallest absolute Gasteiger partial charge is 0.236 e. The molecule has 4 heteroatoms. The summed E-state index contributed by atoms with van der Waals surface area (Å²) in [7, 11) is 0. The molecule has 0 N–H and O–H groups in total. The third-order valence-corrected chi connectivity index (χ3v) is 2.43. The van der Waals surface area contributed by atoms with Gasteiger partial charge in [-0.05, 0) is 13.3 Å². The molecule has 0 aromatic heterocycles. The van der Waals surface area contributed by atoms with Gasteiger partial charge in [0.05, 0.1) is 18.3 Å². The maximum atomic E-state index is 11.2. The quantitative estimate of drug-likeness (QED) is 0.672. The highest BCUT2D eigenvalue weighted by Crippen LogP contribution is 2.15. The minimum Gasteiger partial charge on any atom is -0.372 e. The number of hydrogen-bond acceptors (Lipinski definition) is 3. The third kappa shape index (κ3) is 2.71. The van der Waals surface area contributed by atoms with Crippen LogP contribution in [0, 0.1) is 11.3 Å². The van der Waals surface area contributed by atoms with Gasteiger partial charge >= 0.3 is 0 Å². The molecule has 0 unspecified atom stereocenters. The van der Waals surface area contributed by atoms with Crippen molar-refractivity contribution in [2.24, 2.45) is 0 Å². The van der Waals surface area contributed by atoms with Crippen LogP contribution in [0.2, 0.25) is 0 Å². The Morgan fingerprint density at radius 1 is 1.71 bits per heavy atom. The maximum Gasteiger partial charge on any atom is 0.236 e. The second kappa shape index (κ2) is 4.97. The van der Waals surface area contributed by atoms with E-state index < -0.39 is 0 Å². The molecule has 0 aromatic carbocycles. The highest BCUT2D eigenvalue weighted by Gasteiger charge is 2.31. The number of rotatable bonds is 4. The van der Waals surface area contributed by atoms with E-state index in [1.165, 1.54) is 0 Å². The molecule has 1 aliphatic rings. The van der Waals surface area contributed by atoms with Crippen molar-refractivity contribution in [2.45, 2.75) is 38.9 Å². The van der Waals surface area contributed by atoms with E-state index in [1.54, 1.807) is 4.90 Å². The van der Waals surface area contributed by atoms with Crippen molar-refractivity contribution in [3.63, 3.8) is 0 Å². The first-order chi connectivity index (χ1) is 6.67. The van der Waals surface area contributed by atoms with Crippen LogP contribution in [0.4, 0.5) is 0 Å². The fourth-order valence-electron chi connectivity index (χ4n) is 1.33. The first-order valence-corrected chi connectivity index (χ1v) is 4.97. The summed E-state index contributed by atoms with van der Waals surface area (Å²) in [5.74, 6) is -0.0866. The van der Waals surface area contributed by atoms with Crippen LogP contribution in [-0.2, 0) is 9.53 Å². The largest absolute Gasteiger partial charge is 0.372 e. The molecular formula is C10H16N2O2. The highest BCUT2D eigenvalue weighted by molar-refractivity contribution is 5.79. The molecule has 1 aliphatic heterocycles. The van der Waals surface area contributed by atoms with Gasteiger partial charge in [-0.15, -0.1) is 0 Å². The minimum absolute atomic E-state index is 0.0178. The molecule has 0 aromatic rings. The van der Waals surface area contributed by atoms with E-state index in [1.807, 2.05) is 13.0 Å². The molecule has 1 fully saturated rings. The Morgan fingerprint density at radius 2 is 2.36 bits per heavy atom. The minimum atomic E-state index is -0.0866. The van der Waals surface area contributed by atoms with E-state index in [9.17, 15) is 4.79 Å². The van der Waals surface area contributed by atoms with Crippen molar-refractivity contribution < 1.29 is 9.53 Å². The first kappa shape index (κ1) is 11.0. The van der Waals surface area contributed by atoms with Gasteiger partial charge in [0.25, 0.3) is 0 Å². The summed E-state index contributed by atoms with van der Waals surface area (Å²) >= 11 is 0. The average molecular weight is 196 g/mol. The van der Waals surface area contributed by atoms with Crippen molar-refractivity contribution in [3.8, 4) is 6.07 Å². The molecule has 0 radical (unpaired) electrons. The van der Waals surface area contributed by atoms with Gasteiger partial charge in [-0.3, -0.25) is 4.79 Å². The van der Waals surface area contributed by atoms with Gasteiger partial charge in [-0.25, -0.2) is 0 Å². The van der Waals surface area contributed by atoms with E-state index in [0.717, 1.165) is 6.42 Å². The summed E-state index contributed by atoms with van der Waals surface area (Å²) < 4.78 is 5.62. The predicted octanol–water partition coefficient (Wildman–Crippen LogP) is 0.926. The van der Waals surface area contributed by atoms with Gasteiger partial charge in [0.2, 0.25) is 5.91 Å². The lowest BCUT2D eigenvalue weighted by molar-refractivity contribution is -0.147. The monoisotopic (exact) mass is 196 g/mol. The zero-order chi connectivity index (χ0) is 10.6. The summed E-state index contributed by atoms with van der Waals surface area (Å²) in [6.45, 7) is 5.39. The second-order valence-electron chi connectivity index (χ2n) is 3.61. The van der Waals surface area contributed by atoms with Crippen LogP contribution < -0.4 is 0 Å². The normalized spacial score (nSPS) is 18.5. The zero-order valence-corrected chi connectivity index (χ0v) is 8.69. The number of nitriles is 1. The Hall–Kier alpha value is -1.08. The van der Waals surface area contributed by atoms with Crippen LogP contribution in [0.25, 0.3) is 0 Å². The first-order valence-electron chi connectivity index (χ1n) is 4.97. The summed E-state index contributed by atoms with van der Waals surface area (Å²) in [4.78, 5) is 12.8. The van der Waals surface area contributed by atoms with E-state index in [-0.39, 0.29) is 24.5 Å². The second-order valence-corrected chi connectivity index (χ2v) is 3.61. The number of carbonyl (C=O) groups is 1. The van der Waals surface area contributed by atoms with Gasteiger partial charge in [0.1, 0.15) is 6.42 Å². The molecule has 1 heterocycles. The number of carbonyl (C=O) groups excluding carboxylic acids is 1. The number of ether oxygens (including phenoxy) is 1. The van der Waals surface area contributed by atoms with Crippen molar-refractivity contribution in [3.05, 3.63) is 0 Å². The van der Waals surface area contributed by atoms with Crippen LogP contribution in [0.5, 0.6) is 0 Å². The van der Waals surface area contributed by atoms with Gasteiger partial charge in [0.15, 0.2) is 0 Å². The van der Waals surface area contributed by atoms with Crippen molar-refractivity contribution in [2.75, 3.05) is 13.1 Å². The summed E-state index contributed by atoms with van der Waals surface area (Å²) in [6.07, 6.45) is 1.40. The number of amides is 1. The molecule has 1 amide bonds. The Morgan fingerprint density at radius 3 is 2.86 bits per heavy atom. The lowest BCUT2D eigenvalue weighted by Crippen LogP contribution is -2.55. The highest BCUT2D eigenvalue weighted by atomic mass is 16.5. The number of likely N-dealkylation sites (tertiary alicyclic amines) is 1. The van der Waals surface area contributed by atoms with Gasteiger partial charge in [-0.2, -0.15) is 5.26 Å². The number of nitrogens with zero attached hydrogens (tertiary/aromatic N) is 2. The van der Waals surface area contributed by atoms with Crippen LogP contribution in [0.15, 0.2) is 0 Å². The Balaban J connectivity index is 2.17. The SMILES string of the molecule is CC[C@H](C)OC1CN(C(=O)CC#N)C1. The summed E-state index contributed by atoms with van der Waals surface area (Å²) in [5, 5.41) is 8.33. The van der Waals surface area contributed by atoms with Crippen LogP contribution in [-0.4, -0.2) is 36.1 Å². The molecule has 78 valence electrons. The van der Waals surface area contributed by atoms with E-state index in [0.29, 0.717) is 13.1 Å². The Labute approximate surface area is 84.4 Å². The van der Waals surface area contributed by atoms with Crippen molar-refractivity contribution in [1.29, 1.82) is 5.26 Å². The molecule has 14 heavy (non-hydrogen) atoms. The standard InChI is InChI=1S/C10H16N2O2/c1-3-8(2)14-9-6-12(7-9)10(13)4-5-11/h8-9H,3-4,6-7H2,1-2H3/t8-/m0/s1.